The van der Waals surface area contributed by atoms with E-state index in [4.69, 9.17) is 4.74 Å². The lowest BCUT2D eigenvalue weighted by Crippen LogP contribution is -2.36. The lowest BCUT2D eigenvalue weighted by molar-refractivity contribution is -0.137. The molecule has 4 rings (SSSR count). The van der Waals surface area contributed by atoms with Gasteiger partial charge in [0.2, 0.25) is 5.91 Å². The smallest absolute Gasteiger partial charge is 0.378 e. The van der Waals surface area contributed by atoms with Gasteiger partial charge in [-0.1, -0.05) is 0 Å². The summed E-state index contributed by atoms with van der Waals surface area (Å²) in [5.41, 5.74) is 0.611. The molecule has 1 aliphatic carbocycles. The minimum atomic E-state index is -4.52. The van der Waals surface area contributed by atoms with Crippen LogP contribution in [0.15, 0.2) is 42.5 Å². The molecule has 2 amide bonds. The molecule has 2 N–H and O–H groups in total. The molecule has 2 fully saturated rings. The third kappa shape index (κ3) is 5.16. The topological polar surface area (TPSA) is 70.7 Å². The monoisotopic (exact) mass is 433 g/mol. The van der Waals surface area contributed by atoms with Crippen LogP contribution >= 0.6 is 0 Å². The van der Waals surface area contributed by atoms with Crippen molar-refractivity contribution in [2.45, 2.75) is 19.0 Å². The lowest BCUT2D eigenvalue weighted by Gasteiger charge is -2.31. The van der Waals surface area contributed by atoms with Crippen molar-refractivity contribution < 1.29 is 27.5 Å². The number of benzene rings is 2. The number of rotatable bonds is 5. The highest BCUT2D eigenvalue weighted by Gasteiger charge is 2.32. The summed E-state index contributed by atoms with van der Waals surface area (Å²) in [6.45, 7) is 1.96. The number of nitrogens with zero attached hydrogens (tertiary/aromatic N) is 1. The molecule has 2 aromatic rings. The zero-order valence-corrected chi connectivity index (χ0v) is 16.7. The van der Waals surface area contributed by atoms with Crippen LogP contribution in [0.25, 0.3) is 0 Å². The van der Waals surface area contributed by atoms with Gasteiger partial charge in [0.25, 0.3) is 5.91 Å². The molecular weight excluding hydrogens is 411 g/mol. The first kappa shape index (κ1) is 21.2. The number of amides is 2. The highest BCUT2D eigenvalue weighted by atomic mass is 19.4. The van der Waals surface area contributed by atoms with Crippen LogP contribution in [0.5, 0.6) is 0 Å². The van der Waals surface area contributed by atoms with E-state index in [2.05, 4.69) is 10.6 Å². The zero-order valence-electron chi connectivity index (χ0n) is 16.7. The first-order valence-corrected chi connectivity index (χ1v) is 10.1. The van der Waals surface area contributed by atoms with Gasteiger partial charge in [-0.3, -0.25) is 9.59 Å². The van der Waals surface area contributed by atoms with Gasteiger partial charge in [-0.05, 0) is 55.3 Å². The van der Waals surface area contributed by atoms with Crippen LogP contribution in [0.4, 0.5) is 30.2 Å². The molecular formula is C22H22F3N3O3. The summed E-state index contributed by atoms with van der Waals surface area (Å²) in [6, 6.07) is 9.60. The molecule has 2 aromatic carbocycles. The zero-order chi connectivity index (χ0) is 22.0. The summed E-state index contributed by atoms with van der Waals surface area (Å²) in [4.78, 5) is 26.5. The normalized spacial score (nSPS) is 16.7. The Balaban J connectivity index is 1.53. The fourth-order valence-electron chi connectivity index (χ4n) is 3.38. The van der Waals surface area contributed by atoms with Crippen LogP contribution in [-0.4, -0.2) is 38.1 Å². The van der Waals surface area contributed by atoms with Crippen molar-refractivity contribution in [2.75, 3.05) is 41.8 Å². The van der Waals surface area contributed by atoms with Crippen LogP contribution in [-0.2, 0) is 15.7 Å². The van der Waals surface area contributed by atoms with Crippen molar-refractivity contribution in [2.24, 2.45) is 5.92 Å². The van der Waals surface area contributed by atoms with Crippen molar-refractivity contribution in [1.29, 1.82) is 0 Å². The first-order chi connectivity index (χ1) is 14.8. The van der Waals surface area contributed by atoms with Gasteiger partial charge in [-0.15, -0.1) is 0 Å². The van der Waals surface area contributed by atoms with Crippen LogP contribution in [0.3, 0.4) is 0 Å². The van der Waals surface area contributed by atoms with E-state index < -0.39 is 17.6 Å². The van der Waals surface area contributed by atoms with E-state index in [-0.39, 0.29) is 23.1 Å². The van der Waals surface area contributed by atoms with Gasteiger partial charge >= 0.3 is 6.18 Å². The molecule has 164 valence electrons. The van der Waals surface area contributed by atoms with Gasteiger partial charge in [-0.2, -0.15) is 13.2 Å². The van der Waals surface area contributed by atoms with E-state index in [1.54, 1.807) is 12.1 Å². The molecule has 6 nitrogen and oxygen atoms in total. The number of morpholine rings is 1. The van der Waals surface area contributed by atoms with Gasteiger partial charge in [0, 0.05) is 30.3 Å². The van der Waals surface area contributed by atoms with E-state index in [1.807, 2.05) is 4.90 Å². The highest BCUT2D eigenvalue weighted by molar-refractivity contribution is 6.06. The van der Waals surface area contributed by atoms with Crippen molar-refractivity contribution in [3.05, 3.63) is 53.6 Å². The largest absolute Gasteiger partial charge is 0.416 e. The maximum absolute atomic E-state index is 13.2. The lowest BCUT2D eigenvalue weighted by atomic mass is 10.1. The van der Waals surface area contributed by atoms with E-state index >= 15 is 0 Å². The van der Waals surface area contributed by atoms with Gasteiger partial charge in [0.15, 0.2) is 0 Å². The van der Waals surface area contributed by atoms with E-state index in [0.717, 1.165) is 25.0 Å². The molecule has 0 aromatic heterocycles. The summed E-state index contributed by atoms with van der Waals surface area (Å²) < 4.78 is 45.0. The third-order valence-electron chi connectivity index (χ3n) is 5.29. The number of carbonyl (C=O) groups excluding carboxylic acids is 2. The van der Waals surface area contributed by atoms with Crippen LogP contribution in [0.1, 0.15) is 28.8 Å². The Hall–Kier alpha value is -3.07. The summed E-state index contributed by atoms with van der Waals surface area (Å²) in [6.07, 6.45) is -2.76. The number of carbonyl (C=O) groups is 2. The number of anilines is 3. The standard InChI is InChI=1S/C22H22F3N3O3/c23-22(24,25)16-5-8-19(28-9-11-31-12-10-28)18(13-16)27-21(30)15-3-6-17(7-4-15)26-20(29)14-1-2-14/h3-8,13-14H,1-2,9-12H2,(H,26,29)(H,27,30). The Morgan fingerprint density at radius 2 is 1.65 bits per heavy atom. The van der Waals surface area contributed by atoms with Crippen LogP contribution < -0.4 is 15.5 Å². The van der Waals surface area contributed by atoms with Gasteiger partial charge in [-0.25, -0.2) is 0 Å². The second-order valence-electron chi connectivity index (χ2n) is 7.62. The Bertz CT molecular complexity index is 966. The molecule has 31 heavy (non-hydrogen) atoms. The number of hydrogen-bond acceptors (Lipinski definition) is 4. The molecule has 0 radical (unpaired) electrons. The molecule has 1 saturated carbocycles. The summed E-state index contributed by atoms with van der Waals surface area (Å²) in [7, 11) is 0. The molecule has 0 unspecified atom stereocenters. The van der Waals surface area contributed by atoms with Crippen LogP contribution in [0.2, 0.25) is 0 Å². The second kappa shape index (κ2) is 8.58. The molecule has 9 heteroatoms. The van der Waals surface area contributed by atoms with Gasteiger partial charge in [0.1, 0.15) is 0 Å². The molecule has 0 bridgehead atoms. The minimum Gasteiger partial charge on any atom is -0.378 e. The SMILES string of the molecule is O=C(Nc1cc(C(F)(F)F)ccc1N1CCOCC1)c1ccc(NC(=O)C2CC2)cc1. The summed E-state index contributed by atoms with van der Waals surface area (Å²) in [5, 5.41) is 5.40. The second-order valence-corrected chi connectivity index (χ2v) is 7.62. The molecule has 1 heterocycles. The van der Waals surface area contributed by atoms with Crippen molar-refractivity contribution in [3.8, 4) is 0 Å². The minimum absolute atomic E-state index is 0.0451. The molecule has 0 spiro atoms. The number of nitrogens with one attached hydrogen (secondary N) is 2. The Labute approximate surface area is 177 Å². The van der Waals surface area contributed by atoms with E-state index in [1.165, 1.54) is 18.2 Å². The summed E-state index contributed by atoms with van der Waals surface area (Å²) in [5.74, 6) is -0.521. The van der Waals surface area contributed by atoms with Gasteiger partial charge < -0.3 is 20.3 Å². The Morgan fingerprint density at radius 1 is 0.968 bits per heavy atom. The van der Waals surface area contributed by atoms with E-state index in [9.17, 15) is 22.8 Å². The van der Waals surface area contributed by atoms with Crippen LogP contribution in [0, 0.1) is 5.92 Å². The maximum atomic E-state index is 13.2. The molecule has 0 atom stereocenters. The number of ether oxygens (including phenoxy) is 1. The number of hydrogen-bond donors (Lipinski definition) is 2. The highest BCUT2D eigenvalue weighted by Crippen LogP contribution is 2.36. The van der Waals surface area contributed by atoms with Gasteiger partial charge in [0.05, 0.1) is 30.2 Å². The first-order valence-electron chi connectivity index (χ1n) is 10.1. The molecule has 1 saturated heterocycles. The predicted molar refractivity (Wildman–Crippen MR) is 110 cm³/mol. The average Bonchev–Trinajstić information content (AvgIpc) is 3.60. The molecule has 2 aliphatic rings. The third-order valence-corrected chi connectivity index (χ3v) is 5.29. The fourth-order valence-corrected chi connectivity index (χ4v) is 3.38. The number of halogens is 3. The van der Waals surface area contributed by atoms with E-state index in [0.29, 0.717) is 37.7 Å². The Kier molecular flexibility index (Phi) is 5.86. The molecule has 1 aliphatic heterocycles. The van der Waals surface area contributed by atoms with Crippen molar-refractivity contribution >= 4 is 28.9 Å². The number of alkyl halides is 3. The fraction of sp³-hybridized carbons (Fsp3) is 0.364. The Morgan fingerprint density at radius 3 is 2.26 bits per heavy atom. The van der Waals surface area contributed by atoms with Crippen molar-refractivity contribution in [3.63, 3.8) is 0 Å². The predicted octanol–water partition coefficient (Wildman–Crippen LogP) is 4.14. The average molecular weight is 433 g/mol. The van der Waals surface area contributed by atoms with Crippen molar-refractivity contribution in [1.82, 2.24) is 0 Å². The maximum Gasteiger partial charge on any atom is 0.416 e. The quantitative estimate of drug-likeness (QED) is 0.744. The summed E-state index contributed by atoms with van der Waals surface area (Å²) >= 11 is 0.